The summed E-state index contributed by atoms with van der Waals surface area (Å²) in [5.74, 6) is 0.468. The van der Waals surface area contributed by atoms with Crippen molar-refractivity contribution in [2.45, 2.75) is 75.9 Å². The molecule has 0 radical (unpaired) electrons. The Hall–Kier alpha value is -2.93. The average Bonchev–Trinajstić information content (AvgIpc) is 3.16. The van der Waals surface area contributed by atoms with E-state index in [2.05, 4.69) is 33.7 Å². The minimum Gasteiger partial charge on any atom is -0.385 e. The van der Waals surface area contributed by atoms with Crippen molar-refractivity contribution in [3.63, 3.8) is 0 Å². The lowest BCUT2D eigenvalue weighted by atomic mass is 9.84. The first-order valence-corrected chi connectivity index (χ1v) is 13.6. The number of amidine groups is 1. The Balaban J connectivity index is 1.25. The van der Waals surface area contributed by atoms with Gasteiger partial charge in [-0.25, -0.2) is 9.18 Å². The number of aryl methyl sites for hydroxylation is 1. The number of amides is 2. The molecule has 7 heteroatoms. The third kappa shape index (κ3) is 4.49. The van der Waals surface area contributed by atoms with Gasteiger partial charge in [0.15, 0.2) is 0 Å². The number of rotatable bonds is 4. The van der Waals surface area contributed by atoms with Crippen molar-refractivity contribution in [3.8, 4) is 0 Å². The maximum Gasteiger partial charge on any atom is 0.328 e. The second kappa shape index (κ2) is 9.85. The van der Waals surface area contributed by atoms with E-state index in [4.69, 9.17) is 4.99 Å². The summed E-state index contributed by atoms with van der Waals surface area (Å²) in [4.78, 5) is 22.7. The van der Waals surface area contributed by atoms with E-state index >= 15 is 0 Å². The Morgan fingerprint density at radius 3 is 2.67 bits per heavy atom. The van der Waals surface area contributed by atoms with Crippen LogP contribution in [0.3, 0.4) is 0 Å². The van der Waals surface area contributed by atoms with E-state index in [1.807, 2.05) is 6.07 Å². The molecule has 0 bridgehead atoms. The number of nitrogens with zero attached hydrogens (tertiary/aromatic N) is 3. The number of hydrogen-bond acceptors (Lipinski definition) is 4. The number of fused-ring (bicyclic) bond motifs is 1. The molecule has 2 N–H and O–H groups in total. The van der Waals surface area contributed by atoms with Gasteiger partial charge in [0.1, 0.15) is 17.2 Å². The first-order valence-electron chi connectivity index (χ1n) is 13.6. The van der Waals surface area contributed by atoms with Crippen LogP contribution in [-0.4, -0.2) is 48.0 Å². The number of likely N-dealkylation sites (tertiary alicyclic amines) is 1. The van der Waals surface area contributed by atoms with Gasteiger partial charge >= 0.3 is 6.03 Å². The largest absolute Gasteiger partial charge is 0.385 e. The number of piperidine rings is 1. The van der Waals surface area contributed by atoms with Gasteiger partial charge < -0.3 is 5.32 Å². The second-order valence-corrected chi connectivity index (χ2v) is 10.8. The van der Waals surface area contributed by atoms with Gasteiger partial charge in [-0.05, 0) is 73.9 Å². The lowest BCUT2D eigenvalue weighted by molar-refractivity contribution is 0.184. The molecular weight excluding hydrogens is 453 g/mol. The Labute approximate surface area is 213 Å². The number of carbonyl (C=O) groups is 1. The van der Waals surface area contributed by atoms with Crippen LogP contribution in [0.4, 0.5) is 20.6 Å². The fraction of sp³-hybridized carbons (Fsp3) is 0.517. The molecule has 0 atom stereocenters. The Morgan fingerprint density at radius 2 is 1.86 bits per heavy atom. The SMILES string of the molecule is O=C1NC(=NC2CCCCC2)C2(CCN(Cc3ccc4c(c3)CCCN4)CC2)N1c1cccc(F)c1. The number of anilines is 2. The van der Waals surface area contributed by atoms with Crippen molar-refractivity contribution in [2.24, 2.45) is 4.99 Å². The van der Waals surface area contributed by atoms with Gasteiger partial charge in [0, 0.05) is 37.6 Å². The third-order valence-electron chi connectivity index (χ3n) is 8.45. The van der Waals surface area contributed by atoms with Crippen LogP contribution < -0.4 is 15.5 Å². The molecule has 3 aliphatic heterocycles. The van der Waals surface area contributed by atoms with Crippen LogP contribution in [-0.2, 0) is 13.0 Å². The van der Waals surface area contributed by atoms with Gasteiger partial charge in [-0.15, -0.1) is 0 Å². The van der Waals surface area contributed by atoms with Crippen molar-refractivity contribution in [2.75, 3.05) is 29.9 Å². The number of carbonyl (C=O) groups excluding carboxylic acids is 1. The van der Waals surface area contributed by atoms with Crippen LogP contribution in [0.25, 0.3) is 0 Å². The summed E-state index contributed by atoms with van der Waals surface area (Å²) in [6, 6.07) is 13.3. The molecule has 3 heterocycles. The van der Waals surface area contributed by atoms with Crippen LogP contribution >= 0.6 is 0 Å². The number of urea groups is 1. The first-order chi connectivity index (χ1) is 17.6. The molecule has 1 saturated carbocycles. The van der Waals surface area contributed by atoms with Gasteiger partial charge in [-0.3, -0.25) is 20.1 Å². The molecule has 0 unspecified atom stereocenters. The van der Waals surface area contributed by atoms with Crippen molar-refractivity contribution in [3.05, 3.63) is 59.4 Å². The molecule has 36 heavy (non-hydrogen) atoms. The normalized spacial score (nSPS) is 23.5. The Morgan fingerprint density at radius 1 is 1.03 bits per heavy atom. The highest BCUT2D eigenvalue weighted by molar-refractivity contribution is 6.19. The van der Waals surface area contributed by atoms with Crippen LogP contribution in [0.5, 0.6) is 0 Å². The van der Waals surface area contributed by atoms with Crippen LogP contribution in [0.2, 0.25) is 0 Å². The predicted molar refractivity (Wildman–Crippen MR) is 142 cm³/mol. The Kier molecular flexibility index (Phi) is 6.42. The summed E-state index contributed by atoms with van der Waals surface area (Å²) >= 11 is 0. The zero-order valence-corrected chi connectivity index (χ0v) is 20.9. The topological polar surface area (TPSA) is 60.0 Å². The molecule has 6 rings (SSSR count). The van der Waals surface area contributed by atoms with Crippen molar-refractivity contribution < 1.29 is 9.18 Å². The molecule has 1 aliphatic carbocycles. The van der Waals surface area contributed by atoms with E-state index < -0.39 is 5.54 Å². The number of aliphatic imine (C=N–C) groups is 1. The van der Waals surface area contributed by atoms with Gasteiger partial charge in [0.05, 0.1) is 6.04 Å². The summed E-state index contributed by atoms with van der Waals surface area (Å²) in [6.07, 6.45) is 9.69. The number of halogens is 1. The summed E-state index contributed by atoms with van der Waals surface area (Å²) in [6.45, 7) is 3.68. The van der Waals surface area contributed by atoms with E-state index in [1.165, 1.54) is 54.6 Å². The molecule has 1 spiro atoms. The quantitative estimate of drug-likeness (QED) is 0.598. The molecule has 4 aliphatic rings. The number of nitrogens with one attached hydrogen (secondary N) is 2. The molecule has 2 amide bonds. The number of benzene rings is 2. The van der Waals surface area contributed by atoms with Gasteiger partial charge in [-0.1, -0.05) is 37.5 Å². The Bertz CT molecular complexity index is 1150. The first kappa shape index (κ1) is 23.5. The van der Waals surface area contributed by atoms with Gasteiger partial charge in [0.2, 0.25) is 0 Å². The highest BCUT2D eigenvalue weighted by Crippen LogP contribution is 2.39. The third-order valence-corrected chi connectivity index (χ3v) is 8.45. The van der Waals surface area contributed by atoms with Gasteiger partial charge in [0.25, 0.3) is 0 Å². The van der Waals surface area contributed by atoms with Crippen molar-refractivity contribution >= 4 is 23.2 Å². The molecule has 2 saturated heterocycles. The smallest absolute Gasteiger partial charge is 0.328 e. The molecule has 2 aromatic carbocycles. The molecule has 6 nitrogen and oxygen atoms in total. The van der Waals surface area contributed by atoms with Crippen LogP contribution in [0.15, 0.2) is 47.5 Å². The van der Waals surface area contributed by atoms with E-state index in [0.717, 1.165) is 64.1 Å². The molecule has 2 aromatic rings. The van der Waals surface area contributed by atoms with E-state index in [-0.39, 0.29) is 17.9 Å². The molecular formula is C29H36FN5O. The summed E-state index contributed by atoms with van der Waals surface area (Å²) in [5, 5.41) is 6.61. The summed E-state index contributed by atoms with van der Waals surface area (Å²) in [5.41, 5.74) is 4.09. The molecule has 0 aromatic heterocycles. The minimum absolute atomic E-state index is 0.189. The standard InChI is InChI=1S/C29H36FN5O/c30-23-7-4-10-25(19-23)35-28(36)33-27(32-24-8-2-1-3-9-24)29(35)13-16-34(17-14-29)20-21-11-12-26-22(18-21)6-5-15-31-26/h4,7,10-12,18-19,24,31H,1-3,5-6,8-9,13-17,20H2,(H,32,33,36). The van der Waals surface area contributed by atoms with Crippen molar-refractivity contribution in [1.82, 2.24) is 10.2 Å². The average molecular weight is 490 g/mol. The zero-order chi connectivity index (χ0) is 24.5. The fourth-order valence-corrected chi connectivity index (χ4v) is 6.52. The maximum absolute atomic E-state index is 14.2. The fourth-order valence-electron chi connectivity index (χ4n) is 6.52. The lowest BCUT2D eigenvalue weighted by Gasteiger charge is -2.44. The molecule has 190 valence electrons. The van der Waals surface area contributed by atoms with Crippen LogP contribution in [0, 0.1) is 5.82 Å². The highest BCUT2D eigenvalue weighted by atomic mass is 19.1. The minimum atomic E-state index is -0.543. The second-order valence-electron chi connectivity index (χ2n) is 10.8. The lowest BCUT2D eigenvalue weighted by Crippen LogP contribution is -2.57. The van der Waals surface area contributed by atoms with Crippen LogP contribution in [0.1, 0.15) is 62.5 Å². The van der Waals surface area contributed by atoms with E-state index in [9.17, 15) is 9.18 Å². The number of hydrogen-bond donors (Lipinski definition) is 2. The van der Waals surface area contributed by atoms with E-state index in [0.29, 0.717) is 5.69 Å². The van der Waals surface area contributed by atoms with Crippen molar-refractivity contribution in [1.29, 1.82) is 0 Å². The van der Waals surface area contributed by atoms with Gasteiger partial charge in [-0.2, -0.15) is 0 Å². The summed E-state index contributed by atoms with van der Waals surface area (Å²) in [7, 11) is 0. The van der Waals surface area contributed by atoms with E-state index in [1.54, 1.807) is 11.0 Å². The maximum atomic E-state index is 14.2. The summed E-state index contributed by atoms with van der Waals surface area (Å²) < 4.78 is 14.2. The zero-order valence-electron chi connectivity index (χ0n) is 20.9. The molecule has 3 fully saturated rings. The highest BCUT2D eigenvalue weighted by Gasteiger charge is 2.53. The predicted octanol–water partition coefficient (Wildman–Crippen LogP) is 5.48. The monoisotopic (exact) mass is 489 g/mol.